The number of nitrogen functional groups attached to an aromatic ring is 1. The van der Waals surface area contributed by atoms with Crippen molar-refractivity contribution in [3.05, 3.63) is 53.3 Å². The van der Waals surface area contributed by atoms with Gasteiger partial charge >= 0.3 is 0 Å². The van der Waals surface area contributed by atoms with Crippen LogP contribution in [0.1, 0.15) is 12.0 Å². The molecule has 2 rings (SSSR count). The number of anilines is 2. The maximum Gasteiger partial charge on any atom is 0.224 e. The molecule has 98 valence electrons. The molecule has 0 saturated carbocycles. The lowest BCUT2D eigenvalue weighted by Gasteiger charge is -2.05. The van der Waals surface area contributed by atoms with Gasteiger partial charge in [0, 0.05) is 24.0 Å². The van der Waals surface area contributed by atoms with Gasteiger partial charge in [-0.15, -0.1) is 0 Å². The number of hydrogen-bond acceptors (Lipinski definition) is 3. The van der Waals surface area contributed by atoms with E-state index in [1.807, 2.05) is 24.3 Å². The summed E-state index contributed by atoms with van der Waals surface area (Å²) in [5.74, 6) is -0.0564. The Morgan fingerprint density at radius 2 is 2.00 bits per heavy atom. The van der Waals surface area contributed by atoms with E-state index in [1.165, 1.54) is 0 Å². The lowest BCUT2D eigenvalue weighted by atomic mass is 10.1. The van der Waals surface area contributed by atoms with Crippen LogP contribution < -0.4 is 11.1 Å². The van der Waals surface area contributed by atoms with E-state index in [0.29, 0.717) is 23.7 Å². The average molecular weight is 276 g/mol. The van der Waals surface area contributed by atoms with E-state index in [0.717, 1.165) is 11.3 Å². The van der Waals surface area contributed by atoms with Crippen molar-refractivity contribution in [2.24, 2.45) is 0 Å². The fourth-order valence-electron chi connectivity index (χ4n) is 1.65. The van der Waals surface area contributed by atoms with Gasteiger partial charge < -0.3 is 11.1 Å². The van der Waals surface area contributed by atoms with Crippen molar-refractivity contribution in [2.45, 2.75) is 12.8 Å². The number of benzene rings is 1. The number of rotatable bonds is 4. The second-order valence-corrected chi connectivity index (χ2v) is 4.54. The van der Waals surface area contributed by atoms with Gasteiger partial charge in [-0.1, -0.05) is 23.7 Å². The molecule has 0 aliphatic carbocycles. The van der Waals surface area contributed by atoms with Gasteiger partial charge in [-0.25, -0.2) is 4.98 Å². The molecule has 1 aromatic carbocycles. The van der Waals surface area contributed by atoms with E-state index < -0.39 is 0 Å². The Labute approximate surface area is 116 Å². The number of aryl methyl sites for hydroxylation is 1. The van der Waals surface area contributed by atoms with Crippen LogP contribution in [0.25, 0.3) is 0 Å². The van der Waals surface area contributed by atoms with Crippen molar-refractivity contribution in [2.75, 3.05) is 11.1 Å². The Hall–Kier alpha value is -2.07. The predicted molar refractivity (Wildman–Crippen MR) is 77.1 cm³/mol. The second-order valence-electron chi connectivity index (χ2n) is 4.16. The summed E-state index contributed by atoms with van der Waals surface area (Å²) in [7, 11) is 0. The first kappa shape index (κ1) is 13.4. The van der Waals surface area contributed by atoms with Crippen LogP contribution in [0.3, 0.4) is 0 Å². The van der Waals surface area contributed by atoms with E-state index in [9.17, 15) is 4.79 Å². The molecule has 0 fully saturated rings. The van der Waals surface area contributed by atoms with Crippen LogP contribution in [-0.2, 0) is 11.2 Å². The number of amides is 1. The highest BCUT2D eigenvalue weighted by atomic mass is 35.5. The molecule has 0 unspecified atom stereocenters. The Bertz CT molecular complexity index is 569. The van der Waals surface area contributed by atoms with Crippen LogP contribution >= 0.6 is 11.6 Å². The molecule has 0 atom stereocenters. The summed E-state index contributed by atoms with van der Waals surface area (Å²) in [5, 5.41) is 3.13. The fraction of sp³-hybridized carbons (Fsp3) is 0.143. The molecule has 1 amide bonds. The maximum atomic E-state index is 11.8. The molecule has 2 aromatic rings. The predicted octanol–water partition coefficient (Wildman–Crippen LogP) is 2.89. The summed E-state index contributed by atoms with van der Waals surface area (Å²) < 4.78 is 0. The van der Waals surface area contributed by atoms with Crippen LogP contribution in [0.15, 0.2) is 42.6 Å². The van der Waals surface area contributed by atoms with Gasteiger partial charge in [0.25, 0.3) is 0 Å². The average Bonchev–Trinajstić information content (AvgIpc) is 2.38. The summed E-state index contributed by atoms with van der Waals surface area (Å²) >= 11 is 5.74. The second kappa shape index (κ2) is 6.20. The molecule has 0 saturated heterocycles. The zero-order valence-corrected chi connectivity index (χ0v) is 11.0. The number of aromatic nitrogens is 1. The van der Waals surface area contributed by atoms with Crippen molar-refractivity contribution in [1.82, 2.24) is 4.98 Å². The van der Waals surface area contributed by atoms with Gasteiger partial charge in [0.15, 0.2) is 0 Å². The van der Waals surface area contributed by atoms with Crippen LogP contribution in [0, 0.1) is 0 Å². The third-order valence-corrected chi connectivity index (χ3v) is 2.84. The summed E-state index contributed by atoms with van der Waals surface area (Å²) in [6, 6.07) is 10.8. The van der Waals surface area contributed by atoms with Crippen molar-refractivity contribution >= 4 is 28.9 Å². The number of hydrogen-bond donors (Lipinski definition) is 2. The largest absolute Gasteiger partial charge is 0.399 e. The Kier molecular flexibility index (Phi) is 4.36. The zero-order valence-electron chi connectivity index (χ0n) is 10.3. The summed E-state index contributed by atoms with van der Waals surface area (Å²) in [6.07, 6.45) is 2.63. The summed E-state index contributed by atoms with van der Waals surface area (Å²) in [6.45, 7) is 0. The van der Waals surface area contributed by atoms with Crippen molar-refractivity contribution in [3.63, 3.8) is 0 Å². The smallest absolute Gasteiger partial charge is 0.224 e. The molecule has 0 radical (unpaired) electrons. The first-order chi connectivity index (χ1) is 9.13. The number of pyridine rings is 1. The third-order valence-electron chi connectivity index (χ3n) is 2.63. The van der Waals surface area contributed by atoms with Gasteiger partial charge in [-0.2, -0.15) is 0 Å². The number of nitrogens with zero attached hydrogens (tertiary/aromatic N) is 1. The van der Waals surface area contributed by atoms with Crippen LogP contribution in [0.4, 0.5) is 11.4 Å². The molecule has 0 spiro atoms. The molecule has 0 aliphatic heterocycles. The molecular formula is C14H14ClN3O. The van der Waals surface area contributed by atoms with Crippen molar-refractivity contribution in [3.8, 4) is 0 Å². The van der Waals surface area contributed by atoms with E-state index in [1.54, 1.807) is 18.3 Å². The molecule has 19 heavy (non-hydrogen) atoms. The SMILES string of the molecule is Nc1ccc(CCC(=O)Nc2ccnc(Cl)c2)cc1. The minimum atomic E-state index is -0.0564. The standard InChI is InChI=1S/C14H14ClN3O/c15-13-9-12(7-8-17-13)18-14(19)6-3-10-1-4-11(16)5-2-10/h1-2,4-5,7-9H,3,6,16H2,(H,17,18,19). The maximum absolute atomic E-state index is 11.8. The molecule has 0 aliphatic rings. The number of carbonyl (C=O) groups excluding carboxylic acids is 1. The Morgan fingerprint density at radius 3 is 2.68 bits per heavy atom. The molecule has 1 heterocycles. The van der Waals surface area contributed by atoms with Gasteiger partial charge in [0.1, 0.15) is 5.15 Å². The normalized spacial score (nSPS) is 10.2. The van der Waals surface area contributed by atoms with Crippen LogP contribution in [0.5, 0.6) is 0 Å². The zero-order chi connectivity index (χ0) is 13.7. The van der Waals surface area contributed by atoms with Gasteiger partial charge in [0.2, 0.25) is 5.91 Å². The minimum Gasteiger partial charge on any atom is -0.399 e. The lowest BCUT2D eigenvalue weighted by molar-refractivity contribution is -0.116. The number of halogens is 1. The summed E-state index contributed by atoms with van der Waals surface area (Å²) in [4.78, 5) is 15.6. The fourth-order valence-corrected chi connectivity index (χ4v) is 1.82. The lowest BCUT2D eigenvalue weighted by Crippen LogP contribution is -2.12. The number of nitrogens with one attached hydrogen (secondary N) is 1. The Balaban J connectivity index is 1.86. The van der Waals surface area contributed by atoms with Gasteiger partial charge in [0.05, 0.1) is 0 Å². The Morgan fingerprint density at radius 1 is 1.26 bits per heavy atom. The van der Waals surface area contributed by atoms with Crippen molar-refractivity contribution in [1.29, 1.82) is 0 Å². The first-order valence-corrected chi connectivity index (χ1v) is 6.27. The monoisotopic (exact) mass is 275 g/mol. The molecule has 5 heteroatoms. The summed E-state index contributed by atoms with van der Waals surface area (Å²) in [5.41, 5.74) is 8.06. The minimum absolute atomic E-state index is 0.0564. The third kappa shape index (κ3) is 4.26. The number of nitrogens with two attached hydrogens (primary N) is 1. The first-order valence-electron chi connectivity index (χ1n) is 5.89. The molecule has 4 nitrogen and oxygen atoms in total. The van der Waals surface area contributed by atoms with Gasteiger partial charge in [-0.3, -0.25) is 4.79 Å². The molecular weight excluding hydrogens is 262 g/mol. The molecule has 0 bridgehead atoms. The van der Waals surface area contributed by atoms with E-state index in [4.69, 9.17) is 17.3 Å². The molecule has 3 N–H and O–H groups in total. The van der Waals surface area contributed by atoms with Gasteiger partial charge in [-0.05, 0) is 36.2 Å². The van der Waals surface area contributed by atoms with Crippen molar-refractivity contribution < 1.29 is 4.79 Å². The highest BCUT2D eigenvalue weighted by Crippen LogP contribution is 2.13. The van der Waals surface area contributed by atoms with E-state index in [-0.39, 0.29) is 5.91 Å². The van der Waals surface area contributed by atoms with Crippen LogP contribution in [0.2, 0.25) is 5.15 Å². The quantitative estimate of drug-likeness (QED) is 0.666. The highest BCUT2D eigenvalue weighted by Gasteiger charge is 2.04. The van der Waals surface area contributed by atoms with E-state index in [2.05, 4.69) is 10.3 Å². The molecule has 1 aromatic heterocycles. The van der Waals surface area contributed by atoms with Crippen LogP contribution in [-0.4, -0.2) is 10.9 Å². The topological polar surface area (TPSA) is 68.0 Å². The highest BCUT2D eigenvalue weighted by molar-refractivity contribution is 6.29. The number of carbonyl (C=O) groups is 1. The van der Waals surface area contributed by atoms with E-state index >= 15 is 0 Å².